The van der Waals surface area contributed by atoms with Crippen molar-refractivity contribution in [2.75, 3.05) is 33.7 Å². The molecule has 2 unspecified atom stereocenters. The number of hydrogen-bond acceptors (Lipinski definition) is 3. The Morgan fingerprint density at radius 3 is 2.52 bits per heavy atom. The molecule has 0 aliphatic carbocycles. The van der Waals surface area contributed by atoms with Crippen molar-refractivity contribution in [2.24, 2.45) is 5.92 Å². The predicted octanol–water partition coefficient (Wildman–Crippen LogP) is 3.98. The van der Waals surface area contributed by atoms with Crippen LogP contribution in [0.5, 0.6) is 0 Å². The average molecular weight is 444 g/mol. The van der Waals surface area contributed by atoms with E-state index in [4.69, 9.17) is 0 Å². The summed E-state index contributed by atoms with van der Waals surface area (Å²) in [6, 6.07) is 24.1. The van der Waals surface area contributed by atoms with Gasteiger partial charge >= 0.3 is 0 Å². The highest BCUT2D eigenvalue weighted by Crippen LogP contribution is 2.24. The first-order valence-electron chi connectivity index (χ1n) is 11.8. The summed E-state index contributed by atoms with van der Waals surface area (Å²) in [6.07, 6.45) is 2.44. The third-order valence-corrected chi connectivity index (χ3v) is 6.36. The molecule has 2 atom stereocenters. The van der Waals surface area contributed by atoms with Crippen LogP contribution in [0.3, 0.4) is 0 Å². The van der Waals surface area contributed by atoms with Gasteiger partial charge in [-0.1, -0.05) is 66.7 Å². The van der Waals surface area contributed by atoms with Crippen molar-refractivity contribution in [3.8, 4) is 0 Å². The number of amides is 2. The summed E-state index contributed by atoms with van der Waals surface area (Å²) >= 11 is 0. The molecule has 0 radical (unpaired) electrons. The van der Waals surface area contributed by atoms with Gasteiger partial charge in [0.1, 0.15) is 0 Å². The highest BCUT2D eigenvalue weighted by molar-refractivity contribution is 6.07. The van der Waals surface area contributed by atoms with Crippen LogP contribution in [0, 0.1) is 5.92 Å². The van der Waals surface area contributed by atoms with Gasteiger partial charge in [-0.25, -0.2) is 0 Å². The van der Waals surface area contributed by atoms with Gasteiger partial charge in [0, 0.05) is 31.2 Å². The topological polar surface area (TPSA) is 52.7 Å². The monoisotopic (exact) mass is 443 g/mol. The molecular formula is C28H33N3O2. The molecule has 1 N–H and O–H groups in total. The number of nitrogens with one attached hydrogen (secondary N) is 1. The third-order valence-electron chi connectivity index (χ3n) is 6.36. The van der Waals surface area contributed by atoms with Crippen LogP contribution in [0.1, 0.15) is 28.8 Å². The van der Waals surface area contributed by atoms with Crippen LogP contribution in [0.2, 0.25) is 0 Å². The van der Waals surface area contributed by atoms with E-state index in [1.54, 1.807) is 0 Å². The SMILES string of the molecule is CN(C)CC(Cc1ccccc1)NC(=O)C1CCCN(C(=O)c2cccc3ccccc23)C1. The maximum absolute atomic E-state index is 13.4. The Hall–Kier alpha value is -3.18. The number of fused-ring (bicyclic) bond motifs is 1. The van der Waals surface area contributed by atoms with Crippen LogP contribution in [-0.2, 0) is 11.2 Å². The van der Waals surface area contributed by atoms with Crippen molar-refractivity contribution < 1.29 is 9.59 Å². The van der Waals surface area contributed by atoms with Crippen LogP contribution in [0.25, 0.3) is 10.8 Å². The molecule has 4 rings (SSSR count). The van der Waals surface area contributed by atoms with E-state index in [-0.39, 0.29) is 23.8 Å². The summed E-state index contributed by atoms with van der Waals surface area (Å²) in [5.74, 6) is -0.121. The molecular weight excluding hydrogens is 410 g/mol. The second kappa shape index (κ2) is 10.6. The van der Waals surface area contributed by atoms with Gasteiger partial charge in [-0.05, 0) is 55.8 Å². The predicted molar refractivity (Wildman–Crippen MR) is 133 cm³/mol. The number of nitrogens with zero attached hydrogens (tertiary/aromatic N) is 2. The number of rotatable bonds is 7. The van der Waals surface area contributed by atoms with Crippen molar-refractivity contribution in [1.29, 1.82) is 0 Å². The van der Waals surface area contributed by atoms with E-state index in [2.05, 4.69) is 22.3 Å². The zero-order valence-corrected chi connectivity index (χ0v) is 19.5. The minimum atomic E-state index is -0.182. The average Bonchev–Trinajstić information content (AvgIpc) is 2.83. The maximum atomic E-state index is 13.4. The molecule has 172 valence electrons. The summed E-state index contributed by atoms with van der Waals surface area (Å²) in [4.78, 5) is 30.6. The second-order valence-electron chi connectivity index (χ2n) is 9.27. The van der Waals surface area contributed by atoms with E-state index in [9.17, 15) is 9.59 Å². The Morgan fingerprint density at radius 1 is 1.00 bits per heavy atom. The summed E-state index contributed by atoms with van der Waals surface area (Å²) in [7, 11) is 4.05. The fourth-order valence-electron chi connectivity index (χ4n) is 4.78. The number of benzene rings is 3. The Balaban J connectivity index is 1.44. The summed E-state index contributed by atoms with van der Waals surface area (Å²) in [5, 5.41) is 5.30. The minimum Gasteiger partial charge on any atom is -0.351 e. The Bertz CT molecular complexity index is 1090. The molecule has 1 saturated heterocycles. The lowest BCUT2D eigenvalue weighted by molar-refractivity contribution is -0.127. The molecule has 3 aromatic rings. The van der Waals surface area contributed by atoms with Crippen LogP contribution in [0.15, 0.2) is 72.8 Å². The van der Waals surface area contributed by atoms with Gasteiger partial charge in [0.2, 0.25) is 5.91 Å². The molecule has 5 nitrogen and oxygen atoms in total. The van der Waals surface area contributed by atoms with Gasteiger partial charge in [-0.15, -0.1) is 0 Å². The van der Waals surface area contributed by atoms with E-state index >= 15 is 0 Å². The van der Waals surface area contributed by atoms with Gasteiger partial charge in [-0.2, -0.15) is 0 Å². The van der Waals surface area contributed by atoms with Gasteiger partial charge < -0.3 is 15.1 Å². The van der Waals surface area contributed by atoms with E-state index in [0.29, 0.717) is 18.7 Å². The highest BCUT2D eigenvalue weighted by atomic mass is 16.2. The third kappa shape index (κ3) is 5.79. The lowest BCUT2D eigenvalue weighted by Gasteiger charge is -2.33. The summed E-state index contributed by atoms with van der Waals surface area (Å²) in [5.41, 5.74) is 1.92. The van der Waals surface area contributed by atoms with Gasteiger partial charge in [0.25, 0.3) is 5.91 Å². The van der Waals surface area contributed by atoms with Crippen molar-refractivity contribution in [3.05, 3.63) is 83.9 Å². The highest BCUT2D eigenvalue weighted by Gasteiger charge is 2.30. The summed E-state index contributed by atoms with van der Waals surface area (Å²) in [6.45, 7) is 1.93. The Morgan fingerprint density at radius 2 is 1.73 bits per heavy atom. The molecule has 5 heteroatoms. The van der Waals surface area contributed by atoms with Crippen molar-refractivity contribution >= 4 is 22.6 Å². The van der Waals surface area contributed by atoms with Crippen LogP contribution >= 0.6 is 0 Å². The lowest BCUT2D eigenvalue weighted by Crippen LogP contribution is -2.50. The fraction of sp³-hybridized carbons (Fsp3) is 0.357. The normalized spacial score (nSPS) is 17.2. The number of likely N-dealkylation sites (tertiary alicyclic amines) is 1. The van der Waals surface area contributed by atoms with E-state index < -0.39 is 0 Å². The van der Waals surface area contributed by atoms with E-state index in [1.165, 1.54) is 5.56 Å². The molecule has 1 aliphatic rings. The zero-order chi connectivity index (χ0) is 23.2. The molecule has 3 aromatic carbocycles. The second-order valence-corrected chi connectivity index (χ2v) is 9.27. The maximum Gasteiger partial charge on any atom is 0.254 e. The molecule has 0 bridgehead atoms. The van der Waals surface area contributed by atoms with Gasteiger partial charge in [0.15, 0.2) is 0 Å². The Kier molecular flexibility index (Phi) is 7.40. The van der Waals surface area contributed by atoms with Crippen LogP contribution in [-0.4, -0.2) is 61.4 Å². The number of carbonyl (C=O) groups is 2. The molecule has 2 amide bonds. The molecule has 1 heterocycles. The molecule has 0 saturated carbocycles. The Labute approximate surface area is 196 Å². The smallest absolute Gasteiger partial charge is 0.254 e. The van der Waals surface area contributed by atoms with Crippen LogP contribution in [0.4, 0.5) is 0 Å². The standard InChI is InChI=1S/C28H33N3O2/c1-30(2)20-24(18-21-10-4-3-5-11-21)29-27(32)23-14-9-17-31(19-23)28(33)26-16-8-13-22-12-6-7-15-25(22)26/h3-8,10-13,15-16,23-24H,9,14,17-20H2,1-2H3,(H,29,32). The van der Waals surface area contributed by atoms with E-state index in [1.807, 2.05) is 79.7 Å². The fourth-order valence-corrected chi connectivity index (χ4v) is 4.78. The lowest BCUT2D eigenvalue weighted by atomic mass is 9.95. The van der Waals surface area contributed by atoms with Crippen molar-refractivity contribution in [1.82, 2.24) is 15.1 Å². The molecule has 1 aliphatic heterocycles. The minimum absolute atomic E-state index is 0.0124. The summed E-state index contributed by atoms with van der Waals surface area (Å²) < 4.78 is 0. The number of piperidine rings is 1. The van der Waals surface area contributed by atoms with Crippen molar-refractivity contribution in [2.45, 2.75) is 25.3 Å². The number of likely N-dealkylation sites (N-methyl/N-ethyl adjacent to an activating group) is 1. The zero-order valence-electron chi connectivity index (χ0n) is 19.5. The molecule has 0 aromatic heterocycles. The van der Waals surface area contributed by atoms with E-state index in [0.717, 1.165) is 36.6 Å². The molecule has 1 fully saturated rings. The van der Waals surface area contributed by atoms with Gasteiger partial charge in [0.05, 0.1) is 5.92 Å². The first-order chi connectivity index (χ1) is 16.0. The van der Waals surface area contributed by atoms with Crippen LogP contribution < -0.4 is 5.32 Å². The van der Waals surface area contributed by atoms with Gasteiger partial charge in [-0.3, -0.25) is 9.59 Å². The first-order valence-corrected chi connectivity index (χ1v) is 11.8. The number of hydrogen-bond donors (Lipinski definition) is 1. The largest absolute Gasteiger partial charge is 0.351 e. The molecule has 33 heavy (non-hydrogen) atoms. The number of carbonyl (C=O) groups excluding carboxylic acids is 2. The van der Waals surface area contributed by atoms with Crippen molar-refractivity contribution in [3.63, 3.8) is 0 Å². The first kappa shape index (κ1) is 23.0. The quantitative estimate of drug-likeness (QED) is 0.601. The molecule has 0 spiro atoms.